The van der Waals surface area contributed by atoms with Gasteiger partial charge in [-0.3, -0.25) is 0 Å². The number of hydrogen-bond acceptors (Lipinski definition) is 5. The van der Waals surface area contributed by atoms with Crippen molar-refractivity contribution < 1.29 is 13.7 Å². The van der Waals surface area contributed by atoms with Gasteiger partial charge in [0.05, 0.1) is 12.7 Å². The lowest BCUT2D eigenvalue weighted by atomic mass is 9.75. The van der Waals surface area contributed by atoms with Crippen LogP contribution in [0.4, 0.5) is 10.5 Å². The highest BCUT2D eigenvalue weighted by atomic mass is 32.2. The number of benzene rings is 4. The number of anilines is 1. The van der Waals surface area contributed by atoms with E-state index in [4.69, 9.17) is 9.10 Å². The SMILES string of the molecule is CC1Cn2ncc(S(=O)(=NC(c3ccccc3)(c3ccccc3)c3ccccc3)NC(=O)Nc3c4c(cc5c3[C@@H](C)C5)CCC4)c2O1. The Morgan fingerprint density at radius 2 is 1.53 bits per heavy atom. The summed E-state index contributed by atoms with van der Waals surface area (Å²) in [6.45, 7) is 4.64. The van der Waals surface area contributed by atoms with E-state index in [1.807, 2.05) is 97.9 Å². The Labute approximate surface area is 275 Å². The van der Waals surface area contributed by atoms with Gasteiger partial charge in [-0.15, -0.1) is 0 Å². The minimum atomic E-state index is -3.77. The zero-order valence-electron chi connectivity index (χ0n) is 26.5. The minimum absolute atomic E-state index is 0.163. The Bertz CT molecular complexity index is 2000. The first-order valence-electron chi connectivity index (χ1n) is 16.3. The second-order valence-corrected chi connectivity index (χ2v) is 14.7. The summed E-state index contributed by atoms with van der Waals surface area (Å²) in [5, 5.41) is 7.70. The van der Waals surface area contributed by atoms with Crippen LogP contribution in [0.25, 0.3) is 0 Å². The van der Waals surface area contributed by atoms with E-state index in [0.29, 0.717) is 18.3 Å². The summed E-state index contributed by atoms with van der Waals surface area (Å²) < 4.78 is 31.9. The van der Waals surface area contributed by atoms with Gasteiger partial charge in [0, 0.05) is 5.69 Å². The van der Waals surface area contributed by atoms with Crippen molar-refractivity contribution in [3.63, 3.8) is 0 Å². The van der Waals surface area contributed by atoms with Gasteiger partial charge in [-0.05, 0) is 77.5 Å². The fourth-order valence-electron chi connectivity index (χ4n) is 7.55. The van der Waals surface area contributed by atoms with Gasteiger partial charge in [0.2, 0.25) is 5.88 Å². The number of carbonyl (C=O) groups excluding carboxylic acids is 1. The molecule has 9 heteroatoms. The van der Waals surface area contributed by atoms with Crippen molar-refractivity contribution in [2.45, 2.75) is 68.5 Å². The third-order valence-corrected chi connectivity index (χ3v) is 11.5. The number of rotatable bonds is 7. The van der Waals surface area contributed by atoms with Crippen molar-refractivity contribution >= 4 is 21.6 Å². The minimum Gasteiger partial charge on any atom is -0.472 e. The van der Waals surface area contributed by atoms with E-state index in [0.717, 1.165) is 48.1 Å². The Kier molecular flexibility index (Phi) is 7.17. The maximum absolute atomic E-state index is 15.8. The predicted octanol–water partition coefficient (Wildman–Crippen LogP) is 7.37. The molecule has 3 aliphatic rings. The number of aromatic nitrogens is 2. The van der Waals surface area contributed by atoms with Crippen LogP contribution in [0, 0.1) is 0 Å². The van der Waals surface area contributed by atoms with E-state index < -0.39 is 21.5 Å². The molecule has 3 atom stereocenters. The molecule has 47 heavy (non-hydrogen) atoms. The fraction of sp³-hybridized carbons (Fsp3) is 0.263. The van der Waals surface area contributed by atoms with Gasteiger partial charge in [0.25, 0.3) is 0 Å². The van der Waals surface area contributed by atoms with Crippen LogP contribution in [0.15, 0.2) is 113 Å². The van der Waals surface area contributed by atoms with Crippen LogP contribution in [0.3, 0.4) is 0 Å². The first-order chi connectivity index (χ1) is 22.9. The van der Waals surface area contributed by atoms with E-state index in [1.54, 1.807) is 4.68 Å². The molecule has 2 heterocycles. The van der Waals surface area contributed by atoms with Crippen LogP contribution in [-0.2, 0) is 41.3 Å². The molecule has 2 unspecified atom stereocenters. The molecule has 5 aromatic rings. The van der Waals surface area contributed by atoms with Crippen LogP contribution in [0.1, 0.15) is 65.1 Å². The van der Waals surface area contributed by atoms with Crippen LogP contribution in [-0.4, -0.2) is 26.1 Å². The van der Waals surface area contributed by atoms with Gasteiger partial charge in [-0.1, -0.05) is 104 Å². The highest BCUT2D eigenvalue weighted by Crippen LogP contribution is 2.46. The lowest BCUT2D eigenvalue weighted by Crippen LogP contribution is -2.38. The summed E-state index contributed by atoms with van der Waals surface area (Å²) in [6.07, 6.45) is 5.33. The summed E-state index contributed by atoms with van der Waals surface area (Å²) >= 11 is 0. The molecule has 0 radical (unpaired) electrons. The molecule has 0 saturated carbocycles. The molecule has 238 valence electrons. The molecule has 1 aromatic heterocycles. The van der Waals surface area contributed by atoms with Crippen molar-refractivity contribution in [3.8, 4) is 5.88 Å². The molecular weight excluding hydrogens is 607 g/mol. The molecule has 2 aliphatic carbocycles. The smallest absolute Gasteiger partial charge is 0.331 e. The normalized spacial score (nSPS) is 18.9. The number of aryl methyl sites for hydroxylation is 1. The molecule has 2 N–H and O–H groups in total. The van der Waals surface area contributed by atoms with Crippen molar-refractivity contribution in [1.29, 1.82) is 0 Å². The second-order valence-electron chi connectivity index (χ2n) is 12.8. The Morgan fingerprint density at radius 1 is 0.915 bits per heavy atom. The number of amides is 2. The zero-order valence-corrected chi connectivity index (χ0v) is 27.3. The van der Waals surface area contributed by atoms with Crippen molar-refractivity contribution in [2.24, 2.45) is 4.36 Å². The summed E-state index contributed by atoms with van der Waals surface area (Å²) in [4.78, 5) is 14.5. The lowest BCUT2D eigenvalue weighted by molar-refractivity contribution is 0.248. The van der Waals surface area contributed by atoms with E-state index >= 15 is 4.21 Å². The van der Waals surface area contributed by atoms with Crippen LogP contribution >= 0.6 is 0 Å². The highest BCUT2D eigenvalue weighted by molar-refractivity contribution is 7.92. The summed E-state index contributed by atoms with van der Waals surface area (Å²) in [6, 6.07) is 31.2. The van der Waals surface area contributed by atoms with Gasteiger partial charge in [-0.25, -0.2) is 18.4 Å². The zero-order chi connectivity index (χ0) is 32.2. The summed E-state index contributed by atoms with van der Waals surface area (Å²) in [5.41, 5.74) is 6.96. The van der Waals surface area contributed by atoms with Crippen LogP contribution in [0.5, 0.6) is 5.88 Å². The highest BCUT2D eigenvalue weighted by Gasteiger charge is 2.41. The number of carbonyl (C=O) groups is 1. The standard InChI is InChI=1S/C38H37N5O3S/c1-25-21-28-22-27-13-12-20-32(27)35(34(25)28)40-37(44)41-47(45,33-23-39-43-24-26(2)46-36(33)43)42-38(29-14-6-3-7-15-29,30-16-8-4-9-17-30)31-18-10-5-11-19-31/h3-11,14-19,22-23,25-26H,12-13,20-21,24H2,1-2H3,(H2,40,41,42,44,45)/t25-,26?,47?/m0/s1. The maximum Gasteiger partial charge on any atom is 0.331 e. The molecule has 0 saturated heterocycles. The fourth-order valence-corrected chi connectivity index (χ4v) is 9.38. The van der Waals surface area contributed by atoms with Crippen LogP contribution in [0.2, 0.25) is 0 Å². The molecule has 4 aromatic carbocycles. The topological polar surface area (TPSA) is 97.6 Å². The molecular formula is C38H37N5O3S. The monoisotopic (exact) mass is 643 g/mol. The van der Waals surface area contributed by atoms with Crippen molar-refractivity contribution in [2.75, 3.05) is 5.32 Å². The van der Waals surface area contributed by atoms with E-state index in [1.165, 1.54) is 28.5 Å². The summed E-state index contributed by atoms with van der Waals surface area (Å²) in [7, 11) is -3.77. The second kappa shape index (κ2) is 11.4. The molecule has 8 nitrogen and oxygen atoms in total. The van der Waals surface area contributed by atoms with Crippen LogP contribution < -0.4 is 14.8 Å². The Balaban J connectivity index is 1.34. The maximum atomic E-state index is 15.8. The molecule has 0 fully saturated rings. The first-order valence-corrected chi connectivity index (χ1v) is 17.8. The van der Waals surface area contributed by atoms with Crippen molar-refractivity contribution in [1.82, 2.24) is 14.5 Å². The molecule has 0 bridgehead atoms. The van der Waals surface area contributed by atoms with E-state index in [9.17, 15) is 4.79 Å². The summed E-state index contributed by atoms with van der Waals surface area (Å²) in [5.74, 6) is 0.698. The average molecular weight is 644 g/mol. The van der Waals surface area contributed by atoms with E-state index in [2.05, 4.69) is 28.1 Å². The van der Waals surface area contributed by atoms with Gasteiger partial charge in [0.15, 0.2) is 9.92 Å². The Hall–Kier alpha value is -4.89. The Morgan fingerprint density at radius 3 is 2.13 bits per heavy atom. The molecule has 1 aliphatic heterocycles. The number of nitrogens with zero attached hydrogens (tertiary/aromatic N) is 3. The van der Waals surface area contributed by atoms with Crippen molar-refractivity contribution in [3.05, 3.63) is 142 Å². The number of fused-ring (bicyclic) bond motifs is 3. The first kappa shape index (κ1) is 29.5. The average Bonchev–Trinajstić information content (AvgIpc) is 3.80. The molecule has 2 amide bonds. The van der Waals surface area contributed by atoms with Gasteiger partial charge in [0.1, 0.15) is 16.5 Å². The number of hydrogen-bond donors (Lipinski definition) is 2. The quantitative estimate of drug-likeness (QED) is 0.181. The predicted molar refractivity (Wildman–Crippen MR) is 183 cm³/mol. The van der Waals surface area contributed by atoms with Gasteiger partial charge >= 0.3 is 6.03 Å². The largest absolute Gasteiger partial charge is 0.472 e. The number of urea groups is 1. The molecule has 0 spiro atoms. The van der Waals surface area contributed by atoms with Gasteiger partial charge in [-0.2, -0.15) is 9.46 Å². The van der Waals surface area contributed by atoms with Gasteiger partial charge < -0.3 is 10.1 Å². The third kappa shape index (κ3) is 4.91. The lowest BCUT2D eigenvalue weighted by Gasteiger charge is -2.33. The molecule has 8 rings (SSSR count). The number of ether oxygens (including phenoxy) is 1. The van der Waals surface area contributed by atoms with E-state index in [-0.39, 0.29) is 11.0 Å². The third-order valence-electron chi connectivity index (χ3n) is 9.66. The number of nitrogens with one attached hydrogen (secondary N) is 2.